The number of amides is 1. The number of hydrogen-bond donors (Lipinski definition) is 1. The molecular formula is C19H20ClFN2O4S. The number of carbonyl (C=O) groups is 1. The minimum Gasteiger partial charge on any atom is -0.373 e. The molecule has 2 aromatic rings. The third kappa shape index (κ3) is 4.52. The molecule has 1 amide bonds. The summed E-state index contributed by atoms with van der Waals surface area (Å²) in [5.41, 5.74) is 0.0586. The van der Waals surface area contributed by atoms with Gasteiger partial charge in [-0.05, 0) is 50.2 Å². The largest absolute Gasteiger partial charge is 0.373 e. The summed E-state index contributed by atoms with van der Waals surface area (Å²) in [4.78, 5) is 12.5. The molecule has 1 fully saturated rings. The Bertz CT molecular complexity index is 989. The second-order valence-corrected chi connectivity index (χ2v) is 9.06. The number of rotatable bonds is 4. The Kier molecular flexibility index (Phi) is 6.04. The molecule has 1 aliphatic rings. The standard InChI is InChI=1S/C19H20ClFN2O4S/c1-12-10-23(11-13(2)27-12)28(25,26)16-5-3-4-14(8-16)19(24)22-18-7-6-15(20)9-17(18)21/h3-9,12-13H,10-11H2,1-2H3,(H,22,24)/t12-,13+. The van der Waals surface area contributed by atoms with E-state index in [4.69, 9.17) is 16.3 Å². The molecule has 2 aromatic carbocycles. The summed E-state index contributed by atoms with van der Waals surface area (Å²) < 4.78 is 46.8. The number of ether oxygens (including phenoxy) is 1. The molecule has 150 valence electrons. The SMILES string of the molecule is C[C@@H]1CN(S(=O)(=O)c2cccc(C(=O)Nc3ccc(Cl)cc3F)c2)C[C@H](C)O1. The lowest BCUT2D eigenvalue weighted by Gasteiger charge is -2.34. The van der Waals surface area contributed by atoms with Crippen molar-refractivity contribution in [2.75, 3.05) is 18.4 Å². The Labute approximate surface area is 168 Å². The van der Waals surface area contributed by atoms with Gasteiger partial charge < -0.3 is 10.1 Å². The molecule has 6 nitrogen and oxygen atoms in total. The van der Waals surface area contributed by atoms with Gasteiger partial charge in [0.15, 0.2) is 0 Å². The number of morpholine rings is 1. The van der Waals surface area contributed by atoms with Crippen LogP contribution in [0.1, 0.15) is 24.2 Å². The highest BCUT2D eigenvalue weighted by atomic mass is 35.5. The zero-order valence-electron chi connectivity index (χ0n) is 15.4. The summed E-state index contributed by atoms with van der Waals surface area (Å²) in [7, 11) is -3.79. The van der Waals surface area contributed by atoms with Gasteiger partial charge in [-0.2, -0.15) is 4.31 Å². The second-order valence-electron chi connectivity index (χ2n) is 6.69. The van der Waals surface area contributed by atoms with E-state index in [1.807, 2.05) is 13.8 Å². The Morgan fingerprint density at radius 3 is 2.50 bits per heavy atom. The van der Waals surface area contributed by atoms with E-state index in [9.17, 15) is 17.6 Å². The summed E-state index contributed by atoms with van der Waals surface area (Å²) in [5.74, 6) is -1.30. The van der Waals surface area contributed by atoms with E-state index in [-0.39, 0.29) is 46.5 Å². The summed E-state index contributed by atoms with van der Waals surface area (Å²) in [5, 5.41) is 2.63. The first-order chi connectivity index (χ1) is 13.2. The van der Waals surface area contributed by atoms with Crippen LogP contribution in [0.3, 0.4) is 0 Å². The van der Waals surface area contributed by atoms with Crippen molar-refractivity contribution in [3.63, 3.8) is 0 Å². The van der Waals surface area contributed by atoms with Crippen molar-refractivity contribution in [1.82, 2.24) is 4.31 Å². The molecule has 28 heavy (non-hydrogen) atoms. The van der Waals surface area contributed by atoms with Crippen molar-refractivity contribution in [2.45, 2.75) is 31.0 Å². The number of sulfonamides is 1. The topological polar surface area (TPSA) is 75.7 Å². The molecule has 2 atom stereocenters. The molecule has 0 radical (unpaired) electrons. The lowest BCUT2D eigenvalue weighted by Crippen LogP contribution is -2.48. The maximum absolute atomic E-state index is 13.9. The van der Waals surface area contributed by atoms with Gasteiger partial charge in [0, 0.05) is 23.7 Å². The first-order valence-electron chi connectivity index (χ1n) is 8.69. The average Bonchev–Trinajstić information content (AvgIpc) is 2.63. The van der Waals surface area contributed by atoms with Gasteiger partial charge in [0.2, 0.25) is 10.0 Å². The Balaban J connectivity index is 1.84. The number of anilines is 1. The quantitative estimate of drug-likeness (QED) is 0.811. The lowest BCUT2D eigenvalue weighted by molar-refractivity contribution is -0.0440. The lowest BCUT2D eigenvalue weighted by atomic mass is 10.2. The molecule has 3 rings (SSSR count). The van der Waals surface area contributed by atoms with E-state index in [1.165, 1.54) is 40.7 Å². The first kappa shape index (κ1) is 20.7. The predicted octanol–water partition coefficient (Wildman–Crippen LogP) is 3.53. The fourth-order valence-corrected chi connectivity index (χ4v) is 4.85. The van der Waals surface area contributed by atoms with Crippen LogP contribution in [0.2, 0.25) is 5.02 Å². The molecule has 0 aromatic heterocycles. The van der Waals surface area contributed by atoms with Crippen LogP contribution in [0, 0.1) is 5.82 Å². The summed E-state index contributed by atoms with van der Waals surface area (Å²) in [6, 6.07) is 9.52. The number of nitrogens with one attached hydrogen (secondary N) is 1. The Morgan fingerprint density at radius 1 is 1.18 bits per heavy atom. The van der Waals surface area contributed by atoms with Gasteiger partial charge in [0.25, 0.3) is 5.91 Å². The number of benzene rings is 2. The van der Waals surface area contributed by atoms with Crippen LogP contribution >= 0.6 is 11.6 Å². The molecule has 9 heteroatoms. The van der Waals surface area contributed by atoms with E-state index < -0.39 is 21.7 Å². The van der Waals surface area contributed by atoms with Gasteiger partial charge >= 0.3 is 0 Å². The van der Waals surface area contributed by atoms with Crippen LogP contribution in [0.4, 0.5) is 10.1 Å². The van der Waals surface area contributed by atoms with Crippen LogP contribution in [-0.2, 0) is 14.8 Å². The van der Waals surface area contributed by atoms with Gasteiger partial charge in [-0.1, -0.05) is 17.7 Å². The molecule has 1 saturated heterocycles. The van der Waals surface area contributed by atoms with E-state index in [0.29, 0.717) is 0 Å². The molecule has 0 aliphatic carbocycles. The molecule has 1 N–H and O–H groups in total. The highest BCUT2D eigenvalue weighted by Crippen LogP contribution is 2.23. The third-order valence-corrected chi connectivity index (χ3v) is 6.36. The molecule has 1 aliphatic heterocycles. The monoisotopic (exact) mass is 426 g/mol. The van der Waals surface area contributed by atoms with Crippen molar-refractivity contribution in [2.24, 2.45) is 0 Å². The summed E-state index contributed by atoms with van der Waals surface area (Å²) >= 11 is 5.70. The van der Waals surface area contributed by atoms with Crippen LogP contribution in [0.25, 0.3) is 0 Å². The smallest absolute Gasteiger partial charge is 0.255 e. The van der Waals surface area contributed by atoms with Gasteiger partial charge in [0.1, 0.15) is 5.82 Å². The van der Waals surface area contributed by atoms with Crippen molar-refractivity contribution in [3.8, 4) is 0 Å². The van der Waals surface area contributed by atoms with Crippen molar-refractivity contribution in [1.29, 1.82) is 0 Å². The van der Waals surface area contributed by atoms with E-state index in [1.54, 1.807) is 0 Å². The van der Waals surface area contributed by atoms with Crippen LogP contribution in [0.15, 0.2) is 47.4 Å². The van der Waals surface area contributed by atoms with Crippen LogP contribution in [-0.4, -0.2) is 43.9 Å². The second kappa shape index (κ2) is 8.16. The zero-order chi connectivity index (χ0) is 20.5. The molecule has 0 unspecified atom stereocenters. The van der Waals surface area contributed by atoms with Gasteiger partial charge in [-0.3, -0.25) is 4.79 Å². The fourth-order valence-electron chi connectivity index (χ4n) is 3.06. The van der Waals surface area contributed by atoms with Crippen LogP contribution < -0.4 is 5.32 Å². The minimum atomic E-state index is -3.79. The van der Waals surface area contributed by atoms with Crippen molar-refractivity contribution in [3.05, 3.63) is 58.9 Å². The molecular weight excluding hydrogens is 407 g/mol. The normalized spacial score (nSPS) is 20.7. The highest BCUT2D eigenvalue weighted by molar-refractivity contribution is 7.89. The minimum absolute atomic E-state index is 0.00183. The maximum atomic E-state index is 13.9. The van der Waals surface area contributed by atoms with E-state index >= 15 is 0 Å². The first-order valence-corrected chi connectivity index (χ1v) is 10.5. The molecule has 0 bridgehead atoms. The molecule has 0 saturated carbocycles. The van der Waals surface area contributed by atoms with E-state index in [0.717, 1.165) is 6.07 Å². The number of halogens is 2. The summed E-state index contributed by atoms with van der Waals surface area (Å²) in [6.45, 7) is 4.09. The highest BCUT2D eigenvalue weighted by Gasteiger charge is 2.32. The van der Waals surface area contributed by atoms with Crippen LogP contribution in [0.5, 0.6) is 0 Å². The van der Waals surface area contributed by atoms with E-state index in [2.05, 4.69) is 5.32 Å². The maximum Gasteiger partial charge on any atom is 0.255 e. The third-order valence-electron chi connectivity index (χ3n) is 4.30. The Hall–Kier alpha value is -2.00. The molecule has 0 spiro atoms. The zero-order valence-corrected chi connectivity index (χ0v) is 16.9. The average molecular weight is 427 g/mol. The van der Waals surface area contributed by atoms with Crippen molar-refractivity contribution >= 4 is 33.2 Å². The Morgan fingerprint density at radius 2 is 1.86 bits per heavy atom. The van der Waals surface area contributed by atoms with Gasteiger partial charge in [0.05, 0.1) is 22.8 Å². The van der Waals surface area contributed by atoms with Gasteiger partial charge in [-0.25, -0.2) is 12.8 Å². The van der Waals surface area contributed by atoms with Gasteiger partial charge in [-0.15, -0.1) is 0 Å². The number of hydrogen-bond acceptors (Lipinski definition) is 4. The summed E-state index contributed by atoms with van der Waals surface area (Å²) in [6.07, 6.45) is -0.448. The number of carbonyl (C=O) groups excluding carboxylic acids is 1. The number of nitrogens with zero attached hydrogens (tertiary/aromatic N) is 1. The fraction of sp³-hybridized carbons (Fsp3) is 0.316. The molecule has 1 heterocycles. The van der Waals surface area contributed by atoms with Crippen molar-refractivity contribution < 1.29 is 22.3 Å². The predicted molar refractivity (Wildman–Crippen MR) is 105 cm³/mol.